The van der Waals surface area contributed by atoms with Crippen molar-refractivity contribution in [2.45, 2.75) is 91.2 Å². The highest BCUT2D eigenvalue weighted by atomic mass is 16.6. The fourth-order valence-corrected chi connectivity index (χ4v) is 4.56. The van der Waals surface area contributed by atoms with Crippen LogP contribution in [0.3, 0.4) is 0 Å². The monoisotopic (exact) mass is 507 g/mol. The summed E-state index contributed by atoms with van der Waals surface area (Å²) in [6, 6.07) is 9.83. The topological polar surface area (TPSA) is 91.7 Å². The van der Waals surface area contributed by atoms with Crippen LogP contribution in [-0.4, -0.2) is 42.3 Å². The van der Waals surface area contributed by atoms with Crippen molar-refractivity contribution < 1.29 is 19.1 Å². The van der Waals surface area contributed by atoms with Crippen molar-refractivity contribution in [2.75, 3.05) is 19.0 Å². The average Bonchev–Trinajstić information content (AvgIpc) is 3.69. The number of methoxy groups -OCH3 is 1. The van der Waals surface area contributed by atoms with E-state index in [0.29, 0.717) is 25.0 Å². The van der Waals surface area contributed by atoms with E-state index in [1.54, 1.807) is 20.8 Å². The number of allylic oxidation sites excluding steroid dienone is 1. The molecule has 1 aliphatic carbocycles. The van der Waals surface area contributed by atoms with Gasteiger partial charge in [-0.2, -0.15) is 5.26 Å². The van der Waals surface area contributed by atoms with Gasteiger partial charge in [0.25, 0.3) is 0 Å². The van der Waals surface area contributed by atoms with Crippen molar-refractivity contribution in [3.63, 3.8) is 0 Å². The number of hydrogen-bond acceptors (Lipinski definition) is 6. The van der Waals surface area contributed by atoms with Crippen LogP contribution in [-0.2, 0) is 20.7 Å². The van der Waals surface area contributed by atoms with Crippen LogP contribution in [0.1, 0.15) is 78.7 Å². The third-order valence-corrected chi connectivity index (χ3v) is 6.97. The zero-order valence-electron chi connectivity index (χ0n) is 23.1. The lowest BCUT2D eigenvalue weighted by atomic mass is 9.86. The van der Waals surface area contributed by atoms with E-state index in [0.717, 1.165) is 34.9 Å². The molecule has 2 aliphatic rings. The maximum atomic E-state index is 13.1. The fraction of sp³-hybridized carbons (Fsp3) is 0.567. The molecule has 7 nitrogen and oxygen atoms in total. The van der Waals surface area contributed by atoms with Gasteiger partial charge in [-0.05, 0) is 76.1 Å². The molecule has 1 aliphatic heterocycles. The summed E-state index contributed by atoms with van der Waals surface area (Å²) < 4.78 is 10.6. The van der Waals surface area contributed by atoms with Gasteiger partial charge in [-0.1, -0.05) is 37.5 Å². The molecular weight excluding hydrogens is 466 g/mol. The van der Waals surface area contributed by atoms with E-state index in [1.165, 1.54) is 36.8 Å². The Balaban J connectivity index is 1.99. The Kier molecular flexibility index (Phi) is 9.42. The maximum absolute atomic E-state index is 13.1. The number of carbonyl (C=O) groups is 2. The van der Waals surface area contributed by atoms with Crippen LogP contribution in [0, 0.1) is 17.2 Å². The van der Waals surface area contributed by atoms with Gasteiger partial charge in [0.2, 0.25) is 0 Å². The zero-order valence-corrected chi connectivity index (χ0v) is 23.1. The smallest absolute Gasteiger partial charge is 0.411 e. The molecule has 1 fully saturated rings. The van der Waals surface area contributed by atoms with Gasteiger partial charge < -0.3 is 14.8 Å². The van der Waals surface area contributed by atoms with E-state index >= 15 is 0 Å². The van der Waals surface area contributed by atoms with Crippen molar-refractivity contribution in [3.8, 4) is 6.07 Å². The lowest BCUT2D eigenvalue weighted by molar-refractivity contribution is -0.139. The van der Waals surface area contributed by atoms with E-state index in [9.17, 15) is 14.9 Å². The molecule has 0 bridgehead atoms. The van der Waals surface area contributed by atoms with Crippen LogP contribution in [0.25, 0.3) is 0 Å². The summed E-state index contributed by atoms with van der Waals surface area (Å²) in [5.74, 6) is 0.506. The number of benzene rings is 1. The Labute approximate surface area is 221 Å². The summed E-state index contributed by atoms with van der Waals surface area (Å²) in [6.45, 7) is 9.71. The van der Waals surface area contributed by atoms with E-state index in [2.05, 4.69) is 35.7 Å². The number of rotatable bonds is 9. The molecule has 1 amide bonds. The molecule has 3 rings (SSSR count). The number of carbonyl (C=O) groups excluding carboxylic acids is 2. The number of aryl methyl sites for hydroxylation is 1. The molecule has 7 heteroatoms. The second-order valence-electron chi connectivity index (χ2n) is 11.0. The number of esters is 1. The standard InChI is InChI=1S/C30H41N3O4/c1-7-20(2)24(18-27(34)36-6)28-25(16-17-33(26(28)19-31)29(35)37-30(3,4)5)32-23-14-12-22(13-15-23)11-10-21-8-9-21/h12-15,21,26,32H,7-11,16-18H2,1-6H3. The van der Waals surface area contributed by atoms with Gasteiger partial charge in [-0.25, -0.2) is 4.79 Å². The normalized spacial score (nSPS) is 18.6. The molecule has 200 valence electrons. The summed E-state index contributed by atoms with van der Waals surface area (Å²) in [6.07, 6.45) is 5.72. The summed E-state index contributed by atoms with van der Waals surface area (Å²) >= 11 is 0. The molecule has 1 aromatic carbocycles. The molecule has 1 heterocycles. The molecule has 0 aromatic heterocycles. The van der Waals surface area contributed by atoms with Crippen molar-refractivity contribution in [3.05, 3.63) is 52.2 Å². The summed E-state index contributed by atoms with van der Waals surface area (Å²) in [5.41, 5.74) is 4.74. The van der Waals surface area contributed by atoms with Crippen molar-refractivity contribution in [1.82, 2.24) is 4.90 Å². The maximum Gasteiger partial charge on any atom is 0.411 e. The van der Waals surface area contributed by atoms with E-state index in [-0.39, 0.29) is 12.4 Å². The van der Waals surface area contributed by atoms with E-state index in [4.69, 9.17) is 9.47 Å². The minimum atomic E-state index is -0.898. The van der Waals surface area contributed by atoms with E-state index in [1.807, 2.05) is 13.8 Å². The highest BCUT2D eigenvalue weighted by Gasteiger charge is 2.38. The fourth-order valence-electron chi connectivity index (χ4n) is 4.56. The molecule has 1 saturated carbocycles. The van der Waals surface area contributed by atoms with Gasteiger partial charge in [0.15, 0.2) is 0 Å². The molecule has 1 aromatic rings. The minimum Gasteiger partial charge on any atom is -0.469 e. The minimum absolute atomic E-state index is 0.0249. The van der Waals surface area contributed by atoms with Crippen LogP contribution in [0.5, 0.6) is 0 Å². The number of ether oxygens (including phenoxy) is 2. The van der Waals surface area contributed by atoms with Crippen LogP contribution in [0.2, 0.25) is 0 Å². The molecule has 1 unspecified atom stereocenters. The molecule has 0 spiro atoms. The Hall–Kier alpha value is -3.27. The first-order valence-corrected chi connectivity index (χ1v) is 13.3. The first-order valence-electron chi connectivity index (χ1n) is 13.3. The zero-order chi connectivity index (χ0) is 27.2. The van der Waals surface area contributed by atoms with Crippen molar-refractivity contribution >= 4 is 17.7 Å². The third-order valence-electron chi connectivity index (χ3n) is 6.97. The molecule has 37 heavy (non-hydrogen) atoms. The average molecular weight is 508 g/mol. The Morgan fingerprint density at radius 3 is 2.41 bits per heavy atom. The third kappa shape index (κ3) is 7.85. The van der Waals surface area contributed by atoms with Crippen molar-refractivity contribution in [2.24, 2.45) is 5.92 Å². The molecular formula is C30H41N3O4. The lowest BCUT2D eigenvalue weighted by Gasteiger charge is -2.37. The first kappa shape index (κ1) is 28.3. The largest absolute Gasteiger partial charge is 0.469 e. The van der Waals surface area contributed by atoms with Gasteiger partial charge in [-0.15, -0.1) is 0 Å². The Bertz CT molecular complexity index is 1090. The predicted molar refractivity (Wildman–Crippen MR) is 145 cm³/mol. The lowest BCUT2D eigenvalue weighted by Crippen LogP contribution is -2.48. The van der Waals surface area contributed by atoms with Crippen LogP contribution < -0.4 is 5.32 Å². The highest BCUT2D eigenvalue weighted by molar-refractivity contribution is 5.77. The number of amides is 1. The molecule has 1 atom stereocenters. The number of nitrogens with one attached hydrogen (secondary N) is 1. The van der Waals surface area contributed by atoms with E-state index < -0.39 is 17.7 Å². The van der Waals surface area contributed by atoms with Gasteiger partial charge in [-0.3, -0.25) is 9.69 Å². The van der Waals surface area contributed by atoms with Crippen LogP contribution in [0.15, 0.2) is 46.7 Å². The first-order chi connectivity index (χ1) is 17.6. The van der Waals surface area contributed by atoms with Gasteiger partial charge >= 0.3 is 12.1 Å². The number of anilines is 1. The van der Waals surface area contributed by atoms with Gasteiger partial charge in [0.05, 0.1) is 19.6 Å². The quantitative estimate of drug-likeness (QED) is 0.383. The molecule has 1 N–H and O–H groups in total. The number of nitriles is 1. The SMILES string of the molecule is CCC(C)=C(CC(=O)OC)C1=C(Nc2ccc(CCC3CC3)cc2)CCN(C(=O)OC(C)(C)C)C1C#N. The van der Waals surface area contributed by atoms with Crippen LogP contribution >= 0.6 is 0 Å². The second kappa shape index (κ2) is 12.3. The number of hydrogen-bond donors (Lipinski definition) is 1. The molecule has 0 radical (unpaired) electrons. The summed E-state index contributed by atoms with van der Waals surface area (Å²) in [7, 11) is 1.36. The Morgan fingerprint density at radius 2 is 1.86 bits per heavy atom. The summed E-state index contributed by atoms with van der Waals surface area (Å²) in [5, 5.41) is 13.8. The second-order valence-corrected chi connectivity index (χ2v) is 11.0. The van der Waals surface area contributed by atoms with Crippen molar-refractivity contribution in [1.29, 1.82) is 5.26 Å². The Morgan fingerprint density at radius 1 is 1.19 bits per heavy atom. The van der Waals surface area contributed by atoms with Gasteiger partial charge in [0, 0.05) is 29.9 Å². The number of nitrogens with zero attached hydrogens (tertiary/aromatic N) is 2. The summed E-state index contributed by atoms with van der Waals surface area (Å²) in [4.78, 5) is 27.0. The van der Waals surface area contributed by atoms with Gasteiger partial charge in [0.1, 0.15) is 11.6 Å². The predicted octanol–water partition coefficient (Wildman–Crippen LogP) is 6.52. The molecule has 0 saturated heterocycles. The highest BCUT2D eigenvalue weighted by Crippen LogP contribution is 2.36. The van der Waals surface area contributed by atoms with Crippen LogP contribution in [0.4, 0.5) is 10.5 Å².